The Morgan fingerprint density at radius 3 is 2.12 bits per heavy atom. The van der Waals surface area contributed by atoms with Gasteiger partial charge in [-0.25, -0.2) is 21.6 Å². The Kier molecular flexibility index (Phi) is 7.13. The SMILES string of the molecule is O=C(c1cccnc1)N1CCN(S(=O)(=O)c2ccc(S(=O)(=O)NC3CCCCC3)cc2)CC1. The monoisotopic (exact) mass is 492 g/mol. The minimum absolute atomic E-state index is 0.0335. The van der Waals surface area contributed by atoms with Crippen LogP contribution in [-0.4, -0.2) is 69.2 Å². The molecule has 11 heteroatoms. The Morgan fingerprint density at radius 2 is 1.52 bits per heavy atom. The fraction of sp³-hybridized carbons (Fsp3) is 0.455. The van der Waals surface area contributed by atoms with Crippen LogP contribution in [0, 0.1) is 0 Å². The summed E-state index contributed by atoms with van der Waals surface area (Å²) in [6, 6.07) is 8.62. The number of pyridine rings is 1. The number of amides is 1. The topological polar surface area (TPSA) is 117 Å². The lowest BCUT2D eigenvalue weighted by Crippen LogP contribution is -2.50. The molecule has 1 aromatic carbocycles. The van der Waals surface area contributed by atoms with Crippen molar-refractivity contribution in [1.82, 2.24) is 18.9 Å². The maximum atomic E-state index is 13.1. The van der Waals surface area contributed by atoms with Crippen LogP contribution in [0.5, 0.6) is 0 Å². The number of carbonyl (C=O) groups excluding carboxylic acids is 1. The second-order valence-electron chi connectivity index (χ2n) is 8.37. The number of hydrogen-bond donors (Lipinski definition) is 1. The lowest BCUT2D eigenvalue weighted by Gasteiger charge is -2.34. The summed E-state index contributed by atoms with van der Waals surface area (Å²) >= 11 is 0. The third-order valence-corrected chi connectivity index (χ3v) is 9.58. The van der Waals surface area contributed by atoms with E-state index in [1.165, 1.54) is 34.8 Å². The van der Waals surface area contributed by atoms with E-state index in [2.05, 4.69) is 9.71 Å². The molecule has 0 unspecified atom stereocenters. The van der Waals surface area contributed by atoms with Gasteiger partial charge in [0.15, 0.2) is 0 Å². The van der Waals surface area contributed by atoms with Gasteiger partial charge < -0.3 is 4.90 Å². The molecular weight excluding hydrogens is 464 g/mol. The Bertz CT molecular complexity index is 1170. The predicted molar refractivity (Wildman–Crippen MR) is 123 cm³/mol. The van der Waals surface area contributed by atoms with Gasteiger partial charge in [0.1, 0.15) is 0 Å². The number of rotatable bonds is 6. The molecule has 2 fully saturated rings. The summed E-state index contributed by atoms with van der Waals surface area (Å²) in [4.78, 5) is 18.2. The van der Waals surface area contributed by atoms with Crippen molar-refractivity contribution in [2.45, 2.75) is 47.9 Å². The van der Waals surface area contributed by atoms with Crippen molar-refractivity contribution in [3.8, 4) is 0 Å². The van der Waals surface area contributed by atoms with E-state index in [4.69, 9.17) is 0 Å². The second-order valence-corrected chi connectivity index (χ2v) is 12.0. The van der Waals surface area contributed by atoms with Crippen LogP contribution in [0.4, 0.5) is 0 Å². The number of carbonyl (C=O) groups is 1. The molecule has 2 heterocycles. The van der Waals surface area contributed by atoms with Gasteiger partial charge in [0.05, 0.1) is 15.4 Å². The number of nitrogens with one attached hydrogen (secondary N) is 1. The maximum Gasteiger partial charge on any atom is 0.255 e. The van der Waals surface area contributed by atoms with Gasteiger partial charge in [0.25, 0.3) is 5.91 Å². The van der Waals surface area contributed by atoms with Gasteiger partial charge in [-0.05, 0) is 49.2 Å². The minimum Gasteiger partial charge on any atom is -0.336 e. The lowest BCUT2D eigenvalue weighted by molar-refractivity contribution is 0.0697. The van der Waals surface area contributed by atoms with E-state index in [1.54, 1.807) is 23.2 Å². The van der Waals surface area contributed by atoms with Gasteiger partial charge in [-0.3, -0.25) is 9.78 Å². The van der Waals surface area contributed by atoms with E-state index in [1.807, 2.05) is 0 Å². The van der Waals surface area contributed by atoms with Crippen molar-refractivity contribution in [2.75, 3.05) is 26.2 Å². The van der Waals surface area contributed by atoms with Crippen molar-refractivity contribution in [2.24, 2.45) is 0 Å². The summed E-state index contributed by atoms with van der Waals surface area (Å²) in [5, 5.41) is 0. The molecule has 2 aliphatic rings. The first-order valence-electron chi connectivity index (χ1n) is 11.1. The smallest absolute Gasteiger partial charge is 0.255 e. The second kappa shape index (κ2) is 9.88. The Balaban J connectivity index is 1.40. The van der Waals surface area contributed by atoms with Gasteiger partial charge >= 0.3 is 0 Å². The van der Waals surface area contributed by atoms with Gasteiger partial charge in [0, 0.05) is 44.6 Å². The van der Waals surface area contributed by atoms with Crippen molar-refractivity contribution in [3.05, 3.63) is 54.4 Å². The molecular formula is C22H28N4O5S2. The van der Waals surface area contributed by atoms with Crippen LogP contribution in [0.2, 0.25) is 0 Å². The fourth-order valence-corrected chi connectivity index (χ4v) is 6.98. The molecule has 33 heavy (non-hydrogen) atoms. The van der Waals surface area contributed by atoms with E-state index in [9.17, 15) is 21.6 Å². The number of nitrogens with zero attached hydrogens (tertiary/aromatic N) is 3. The highest BCUT2D eigenvalue weighted by atomic mass is 32.2. The predicted octanol–water partition coefficient (Wildman–Crippen LogP) is 1.84. The number of hydrogen-bond acceptors (Lipinski definition) is 6. The molecule has 1 saturated heterocycles. The Labute approximate surface area is 194 Å². The van der Waals surface area contributed by atoms with Gasteiger partial charge in [-0.1, -0.05) is 19.3 Å². The molecule has 0 radical (unpaired) electrons. The molecule has 2 aromatic rings. The molecule has 1 aromatic heterocycles. The zero-order chi connectivity index (χ0) is 23.5. The zero-order valence-electron chi connectivity index (χ0n) is 18.3. The van der Waals surface area contributed by atoms with E-state index in [0.717, 1.165) is 32.1 Å². The molecule has 0 atom stereocenters. The maximum absolute atomic E-state index is 13.1. The molecule has 4 rings (SSSR count). The molecule has 1 saturated carbocycles. The molecule has 1 amide bonds. The van der Waals surface area contributed by atoms with Crippen LogP contribution in [0.25, 0.3) is 0 Å². The summed E-state index contributed by atoms with van der Waals surface area (Å²) < 4.78 is 55.5. The molecule has 1 N–H and O–H groups in total. The highest BCUT2D eigenvalue weighted by Gasteiger charge is 2.31. The van der Waals surface area contributed by atoms with Crippen LogP contribution >= 0.6 is 0 Å². The van der Waals surface area contributed by atoms with E-state index in [-0.39, 0.29) is 47.9 Å². The summed E-state index contributed by atoms with van der Waals surface area (Å²) in [6.07, 6.45) is 7.85. The highest BCUT2D eigenvalue weighted by Crippen LogP contribution is 2.23. The van der Waals surface area contributed by atoms with Gasteiger partial charge in [0.2, 0.25) is 20.0 Å². The molecule has 0 bridgehead atoms. The molecule has 178 valence electrons. The number of benzene rings is 1. The summed E-state index contributed by atoms with van der Waals surface area (Å²) in [5.74, 6) is -0.180. The van der Waals surface area contributed by atoms with Gasteiger partial charge in [-0.15, -0.1) is 0 Å². The lowest BCUT2D eigenvalue weighted by atomic mass is 9.96. The van der Waals surface area contributed by atoms with Crippen molar-refractivity contribution >= 4 is 26.0 Å². The van der Waals surface area contributed by atoms with Crippen LogP contribution < -0.4 is 4.72 Å². The van der Waals surface area contributed by atoms with E-state index >= 15 is 0 Å². The summed E-state index contributed by atoms with van der Waals surface area (Å²) in [5.41, 5.74) is 0.465. The third kappa shape index (κ3) is 5.43. The van der Waals surface area contributed by atoms with Crippen molar-refractivity contribution < 1.29 is 21.6 Å². The molecule has 0 spiro atoms. The molecule has 9 nitrogen and oxygen atoms in total. The summed E-state index contributed by atoms with van der Waals surface area (Å²) in [7, 11) is -7.50. The third-order valence-electron chi connectivity index (χ3n) is 6.13. The number of sulfonamides is 2. The van der Waals surface area contributed by atoms with Crippen molar-refractivity contribution in [1.29, 1.82) is 0 Å². The first kappa shape index (κ1) is 23.8. The van der Waals surface area contributed by atoms with E-state index in [0.29, 0.717) is 5.56 Å². The Morgan fingerprint density at radius 1 is 0.879 bits per heavy atom. The first-order valence-corrected chi connectivity index (χ1v) is 14.0. The average molecular weight is 493 g/mol. The van der Waals surface area contributed by atoms with Crippen LogP contribution in [0.3, 0.4) is 0 Å². The van der Waals surface area contributed by atoms with Crippen LogP contribution in [0.1, 0.15) is 42.5 Å². The number of aromatic nitrogens is 1. The molecule has 1 aliphatic heterocycles. The molecule has 1 aliphatic carbocycles. The number of piperazine rings is 1. The zero-order valence-corrected chi connectivity index (χ0v) is 19.9. The standard InChI is InChI=1S/C22H28N4O5S2/c27-22(18-5-4-12-23-17-18)25-13-15-26(16-14-25)33(30,31)21-10-8-20(9-11-21)32(28,29)24-19-6-2-1-3-7-19/h4-5,8-12,17,19,24H,1-3,6-7,13-16H2. The van der Waals surface area contributed by atoms with Crippen LogP contribution in [0.15, 0.2) is 58.6 Å². The van der Waals surface area contributed by atoms with Crippen LogP contribution in [-0.2, 0) is 20.0 Å². The average Bonchev–Trinajstić information content (AvgIpc) is 2.84. The van der Waals surface area contributed by atoms with Crippen molar-refractivity contribution in [3.63, 3.8) is 0 Å². The van der Waals surface area contributed by atoms with E-state index < -0.39 is 20.0 Å². The normalized spacial score (nSPS) is 18.8. The quantitative estimate of drug-likeness (QED) is 0.658. The highest BCUT2D eigenvalue weighted by molar-refractivity contribution is 7.89. The first-order chi connectivity index (χ1) is 15.8. The minimum atomic E-state index is -3.80. The largest absolute Gasteiger partial charge is 0.336 e. The summed E-state index contributed by atoms with van der Waals surface area (Å²) in [6.45, 7) is 0.866. The fourth-order valence-electron chi connectivity index (χ4n) is 4.25. The van der Waals surface area contributed by atoms with Gasteiger partial charge in [-0.2, -0.15) is 4.31 Å². The Hall–Kier alpha value is -2.34.